The summed E-state index contributed by atoms with van der Waals surface area (Å²) < 4.78 is 1.37. The number of imidazole rings is 1. The molecule has 24 heavy (non-hydrogen) atoms. The molecular weight excluding hydrogens is 334 g/mol. The van der Waals surface area contributed by atoms with Crippen molar-refractivity contribution in [3.63, 3.8) is 0 Å². The molecule has 1 atom stereocenters. The Kier molecular flexibility index (Phi) is 4.22. The second kappa shape index (κ2) is 6.32. The third-order valence-electron chi connectivity index (χ3n) is 3.55. The molecule has 3 rings (SSSR count). The van der Waals surface area contributed by atoms with Crippen molar-refractivity contribution >= 4 is 28.6 Å². The van der Waals surface area contributed by atoms with E-state index in [4.69, 9.17) is 16.7 Å². The van der Waals surface area contributed by atoms with Crippen molar-refractivity contribution in [2.24, 2.45) is 0 Å². The van der Waals surface area contributed by atoms with Gasteiger partial charge in [-0.2, -0.15) is 0 Å². The SMILES string of the molecule is CC(NC(=O)O)c1nc2cccc(Cl)c2c(=O)n1Cc1ncc[nH]1. The molecule has 3 aromatic rings. The summed E-state index contributed by atoms with van der Waals surface area (Å²) in [6.45, 7) is 1.74. The normalized spacial score (nSPS) is 12.2. The number of carboxylic acid groups (broad SMARTS) is 1. The van der Waals surface area contributed by atoms with Gasteiger partial charge in [-0.05, 0) is 19.1 Å². The van der Waals surface area contributed by atoms with Crippen LogP contribution in [0.1, 0.15) is 24.6 Å². The summed E-state index contributed by atoms with van der Waals surface area (Å²) in [6, 6.07) is 4.28. The van der Waals surface area contributed by atoms with Gasteiger partial charge in [0.05, 0.1) is 28.5 Å². The number of halogens is 1. The fraction of sp³-hybridized carbons (Fsp3) is 0.200. The van der Waals surface area contributed by atoms with E-state index in [2.05, 4.69) is 20.3 Å². The Morgan fingerprint density at radius 3 is 2.96 bits per heavy atom. The van der Waals surface area contributed by atoms with Crippen molar-refractivity contribution in [3.05, 3.63) is 57.6 Å². The molecule has 3 N–H and O–H groups in total. The van der Waals surface area contributed by atoms with Gasteiger partial charge in [-0.1, -0.05) is 17.7 Å². The van der Waals surface area contributed by atoms with Crippen LogP contribution in [-0.2, 0) is 6.54 Å². The fourth-order valence-corrected chi connectivity index (χ4v) is 2.76. The summed E-state index contributed by atoms with van der Waals surface area (Å²) in [6.07, 6.45) is 2.01. The van der Waals surface area contributed by atoms with E-state index in [-0.39, 0.29) is 23.3 Å². The van der Waals surface area contributed by atoms with Crippen LogP contribution in [0.25, 0.3) is 10.9 Å². The van der Waals surface area contributed by atoms with Gasteiger partial charge in [0.2, 0.25) is 0 Å². The van der Waals surface area contributed by atoms with Crippen LogP contribution < -0.4 is 10.9 Å². The minimum Gasteiger partial charge on any atom is -0.465 e. The van der Waals surface area contributed by atoms with E-state index in [9.17, 15) is 9.59 Å². The van der Waals surface area contributed by atoms with Crippen molar-refractivity contribution in [2.45, 2.75) is 19.5 Å². The molecular formula is C15H14ClN5O3. The van der Waals surface area contributed by atoms with Gasteiger partial charge >= 0.3 is 6.09 Å². The highest BCUT2D eigenvalue weighted by Crippen LogP contribution is 2.21. The van der Waals surface area contributed by atoms with E-state index in [1.807, 2.05) is 0 Å². The molecule has 8 nitrogen and oxygen atoms in total. The molecule has 1 amide bonds. The van der Waals surface area contributed by atoms with Crippen molar-refractivity contribution < 1.29 is 9.90 Å². The molecule has 2 heterocycles. The molecule has 0 aliphatic heterocycles. The van der Waals surface area contributed by atoms with Crippen molar-refractivity contribution in [2.75, 3.05) is 0 Å². The molecule has 0 saturated carbocycles. The standard InChI is InChI=1S/C15H14ClN5O3/c1-8(19-15(23)24)13-20-10-4-2-3-9(16)12(10)14(22)21(13)7-11-17-5-6-18-11/h2-6,8,19H,7H2,1H3,(H,17,18)(H,23,24). The lowest BCUT2D eigenvalue weighted by atomic mass is 10.2. The molecule has 0 spiro atoms. The van der Waals surface area contributed by atoms with E-state index in [1.165, 1.54) is 4.57 Å². The fourth-order valence-electron chi connectivity index (χ4n) is 2.51. The van der Waals surface area contributed by atoms with Crippen molar-refractivity contribution in [3.8, 4) is 0 Å². The number of carbonyl (C=O) groups is 1. The number of aromatic nitrogens is 4. The van der Waals surface area contributed by atoms with Gasteiger partial charge < -0.3 is 15.4 Å². The van der Waals surface area contributed by atoms with Gasteiger partial charge in [-0.15, -0.1) is 0 Å². The molecule has 0 saturated heterocycles. The first-order chi connectivity index (χ1) is 11.5. The molecule has 124 valence electrons. The van der Waals surface area contributed by atoms with Gasteiger partial charge in [-0.25, -0.2) is 14.8 Å². The predicted molar refractivity (Wildman–Crippen MR) is 88.3 cm³/mol. The van der Waals surface area contributed by atoms with Crippen LogP contribution >= 0.6 is 11.6 Å². The second-order valence-electron chi connectivity index (χ2n) is 5.20. The highest BCUT2D eigenvalue weighted by molar-refractivity contribution is 6.35. The molecule has 0 fully saturated rings. The lowest BCUT2D eigenvalue weighted by Gasteiger charge is -2.18. The molecule has 9 heteroatoms. The van der Waals surface area contributed by atoms with E-state index in [1.54, 1.807) is 37.5 Å². The summed E-state index contributed by atoms with van der Waals surface area (Å²) in [7, 11) is 0. The summed E-state index contributed by atoms with van der Waals surface area (Å²) in [4.78, 5) is 35.3. The average Bonchev–Trinajstić information content (AvgIpc) is 3.02. The van der Waals surface area contributed by atoms with Gasteiger partial charge in [0.15, 0.2) is 0 Å². The number of rotatable bonds is 4. The zero-order chi connectivity index (χ0) is 17.3. The Labute approximate surface area is 141 Å². The van der Waals surface area contributed by atoms with Crippen molar-refractivity contribution in [1.82, 2.24) is 24.8 Å². The van der Waals surface area contributed by atoms with Gasteiger partial charge in [-0.3, -0.25) is 9.36 Å². The van der Waals surface area contributed by atoms with E-state index >= 15 is 0 Å². The highest BCUT2D eigenvalue weighted by Gasteiger charge is 2.20. The Bertz CT molecular complexity index is 952. The maximum Gasteiger partial charge on any atom is 0.405 e. The number of nitrogens with zero attached hydrogens (tertiary/aromatic N) is 3. The number of H-pyrrole nitrogens is 1. The lowest BCUT2D eigenvalue weighted by Crippen LogP contribution is -2.33. The number of hydrogen-bond donors (Lipinski definition) is 3. The van der Waals surface area contributed by atoms with Gasteiger partial charge in [0.1, 0.15) is 11.6 Å². The number of benzene rings is 1. The third kappa shape index (κ3) is 2.95. The van der Waals surface area contributed by atoms with Gasteiger partial charge in [0, 0.05) is 12.4 Å². The molecule has 0 aliphatic rings. The molecule has 0 bridgehead atoms. The number of hydrogen-bond acceptors (Lipinski definition) is 4. The topological polar surface area (TPSA) is 113 Å². The minimum absolute atomic E-state index is 0.126. The van der Waals surface area contributed by atoms with Crippen LogP contribution in [0.4, 0.5) is 4.79 Å². The first-order valence-corrected chi connectivity index (χ1v) is 7.52. The Hall–Kier alpha value is -2.87. The van der Waals surface area contributed by atoms with Crippen LogP contribution in [0.2, 0.25) is 5.02 Å². The molecule has 0 radical (unpaired) electrons. The molecule has 1 aromatic carbocycles. The molecule has 1 unspecified atom stereocenters. The maximum absolute atomic E-state index is 12.9. The number of fused-ring (bicyclic) bond motifs is 1. The second-order valence-corrected chi connectivity index (χ2v) is 5.61. The van der Waals surface area contributed by atoms with Crippen molar-refractivity contribution in [1.29, 1.82) is 0 Å². The quantitative estimate of drug-likeness (QED) is 0.669. The summed E-state index contributed by atoms with van der Waals surface area (Å²) in [5.41, 5.74) is 0.0632. The Balaban J connectivity index is 2.23. The summed E-state index contributed by atoms with van der Waals surface area (Å²) >= 11 is 6.15. The molecule has 2 aromatic heterocycles. The molecule has 0 aliphatic carbocycles. The van der Waals surface area contributed by atoms with Crippen LogP contribution in [0.15, 0.2) is 35.4 Å². The van der Waals surface area contributed by atoms with E-state index in [0.29, 0.717) is 16.4 Å². The first-order valence-electron chi connectivity index (χ1n) is 7.14. The van der Waals surface area contributed by atoms with Crippen LogP contribution in [-0.4, -0.2) is 30.7 Å². The first kappa shape index (κ1) is 16.0. The van der Waals surface area contributed by atoms with Gasteiger partial charge in [0.25, 0.3) is 5.56 Å². The Morgan fingerprint density at radius 1 is 1.50 bits per heavy atom. The smallest absolute Gasteiger partial charge is 0.405 e. The zero-order valence-corrected chi connectivity index (χ0v) is 13.4. The zero-order valence-electron chi connectivity index (χ0n) is 12.7. The van der Waals surface area contributed by atoms with E-state index in [0.717, 1.165) is 0 Å². The van der Waals surface area contributed by atoms with Crippen LogP contribution in [0.5, 0.6) is 0 Å². The number of nitrogens with one attached hydrogen (secondary N) is 2. The number of aromatic amines is 1. The Morgan fingerprint density at radius 2 is 2.29 bits per heavy atom. The monoisotopic (exact) mass is 347 g/mol. The maximum atomic E-state index is 12.9. The largest absolute Gasteiger partial charge is 0.465 e. The highest BCUT2D eigenvalue weighted by atomic mass is 35.5. The van der Waals surface area contributed by atoms with Crippen LogP contribution in [0, 0.1) is 0 Å². The van der Waals surface area contributed by atoms with E-state index < -0.39 is 12.1 Å². The lowest BCUT2D eigenvalue weighted by molar-refractivity contribution is 0.190. The predicted octanol–water partition coefficient (Wildman–Crippen LogP) is 2.15. The average molecular weight is 348 g/mol. The summed E-state index contributed by atoms with van der Waals surface area (Å²) in [5.74, 6) is 0.836. The van der Waals surface area contributed by atoms with Crippen LogP contribution in [0.3, 0.4) is 0 Å². The minimum atomic E-state index is -1.20. The third-order valence-corrected chi connectivity index (χ3v) is 3.87. The summed E-state index contributed by atoms with van der Waals surface area (Å²) in [5, 5.41) is 11.9. The number of amides is 1.